The molecule has 0 bridgehead atoms. The van der Waals surface area contributed by atoms with Crippen molar-refractivity contribution in [3.8, 4) is 28.7 Å². The molecule has 1 unspecified atom stereocenters. The van der Waals surface area contributed by atoms with Crippen LogP contribution in [0.3, 0.4) is 0 Å². The van der Waals surface area contributed by atoms with Gasteiger partial charge in [0.05, 0.1) is 29.6 Å². The Hall–Kier alpha value is -3.59. The van der Waals surface area contributed by atoms with Gasteiger partial charge in [0.25, 0.3) is 0 Å². The molecule has 0 saturated heterocycles. The lowest BCUT2D eigenvalue weighted by molar-refractivity contribution is -0.117. The maximum Gasteiger partial charge on any atom is 0.224 e. The van der Waals surface area contributed by atoms with Gasteiger partial charge in [-0.3, -0.25) is 9.48 Å². The monoisotopic (exact) mass is 412 g/mol. The van der Waals surface area contributed by atoms with Crippen LogP contribution in [-0.2, 0) is 11.2 Å². The van der Waals surface area contributed by atoms with E-state index in [0.717, 1.165) is 41.0 Å². The number of rotatable bonds is 4. The normalized spacial score (nSPS) is 17.7. The highest BCUT2D eigenvalue weighted by atomic mass is 16.5. The molecule has 6 nitrogen and oxygen atoms in total. The van der Waals surface area contributed by atoms with Crippen molar-refractivity contribution in [3.05, 3.63) is 59.9 Å². The lowest BCUT2D eigenvalue weighted by Gasteiger charge is -2.36. The van der Waals surface area contributed by atoms with E-state index >= 15 is 0 Å². The summed E-state index contributed by atoms with van der Waals surface area (Å²) in [4.78, 5) is 14.3. The predicted octanol–water partition coefficient (Wildman–Crippen LogP) is 5.24. The molecule has 1 atom stereocenters. The second-order valence-corrected chi connectivity index (χ2v) is 8.40. The maximum absolute atomic E-state index is 12.4. The van der Waals surface area contributed by atoms with E-state index in [1.807, 2.05) is 40.0 Å². The van der Waals surface area contributed by atoms with Gasteiger partial charge in [-0.25, -0.2) is 0 Å². The summed E-state index contributed by atoms with van der Waals surface area (Å²) in [6.45, 7) is 3.69. The number of nitriles is 1. The molecule has 3 aromatic rings. The summed E-state index contributed by atoms with van der Waals surface area (Å²) in [6, 6.07) is 14.0. The molecule has 0 radical (unpaired) electrons. The quantitative estimate of drug-likeness (QED) is 0.588. The van der Waals surface area contributed by atoms with E-state index in [9.17, 15) is 4.79 Å². The van der Waals surface area contributed by atoms with Crippen LogP contribution in [0.1, 0.15) is 50.3 Å². The summed E-state index contributed by atoms with van der Waals surface area (Å²) in [5.41, 5.74) is 4.51. The van der Waals surface area contributed by atoms with Gasteiger partial charge in [0, 0.05) is 35.9 Å². The Morgan fingerprint density at radius 1 is 1.16 bits per heavy atom. The Balaban J connectivity index is 1.63. The lowest BCUT2D eigenvalue weighted by Crippen LogP contribution is -2.40. The van der Waals surface area contributed by atoms with Gasteiger partial charge in [-0.1, -0.05) is 0 Å². The summed E-state index contributed by atoms with van der Waals surface area (Å²) in [7, 11) is 0. The number of carbonyl (C=O) groups excluding carboxylic acids is 1. The summed E-state index contributed by atoms with van der Waals surface area (Å²) < 4.78 is 8.46. The van der Waals surface area contributed by atoms with Gasteiger partial charge in [-0.2, -0.15) is 10.4 Å². The fraction of sp³-hybridized carbons (Fsp3) is 0.320. The molecule has 1 aliphatic heterocycles. The van der Waals surface area contributed by atoms with Crippen LogP contribution >= 0.6 is 0 Å². The largest absolute Gasteiger partial charge is 0.456 e. The van der Waals surface area contributed by atoms with E-state index in [1.165, 1.54) is 12.8 Å². The minimum atomic E-state index is 0.0343. The van der Waals surface area contributed by atoms with Crippen LogP contribution in [0.15, 0.2) is 48.8 Å². The van der Waals surface area contributed by atoms with Gasteiger partial charge >= 0.3 is 0 Å². The van der Waals surface area contributed by atoms with Crippen molar-refractivity contribution in [2.45, 2.75) is 51.6 Å². The second kappa shape index (κ2) is 7.59. The Kier molecular flexibility index (Phi) is 4.74. The minimum absolute atomic E-state index is 0.0343. The first-order valence-corrected chi connectivity index (χ1v) is 10.7. The zero-order chi connectivity index (χ0) is 21.5. The van der Waals surface area contributed by atoms with E-state index in [0.29, 0.717) is 17.4 Å². The van der Waals surface area contributed by atoms with Crippen molar-refractivity contribution >= 4 is 11.6 Å². The van der Waals surface area contributed by atoms with Gasteiger partial charge in [0.1, 0.15) is 11.5 Å². The molecular formula is C25H24N4O2. The molecule has 5 rings (SSSR count). The molecule has 31 heavy (non-hydrogen) atoms. The van der Waals surface area contributed by atoms with E-state index in [4.69, 9.17) is 10.00 Å². The number of benzene rings is 2. The fourth-order valence-electron chi connectivity index (χ4n) is 4.36. The van der Waals surface area contributed by atoms with Crippen LogP contribution in [0.4, 0.5) is 5.69 Å². The SMILES string of the molecule is CC(=O)N1c2ccc(-c3cnn(C4CC4)c3)c(Oc3ccc(C#N)cc3)c2CCC1C. The highest BCUT2D eigenvalue weighted by Gasteiger charge is 2.31. The number of nitrogens with zero attached hydrogens (tertiary/aromatic N) is 4. The first kappa shape index (κ1) is 19.4. The van der Waals surface area contributed by atoms with E-state index in [1.54, 1.807) is 19.1 Å². The molecule has 1 saturated carbocycles. The van der Waals surface area contributed by atoms with Crippen LogP contribution in [0, 0.1) is 11.3 Å². The molecule has 1 aliphatic carbocycles. The average molecular weight is 412 g/mol. The predicted molar refractivity (Wildman–Crippen MR) is 118 cm³/mol. The van der Waals surface area contributed by atoms with Crippen molar-refractivity contribution in [1.82, 2.24) is 9.78 Å². The van der Waals surface area contributed by atoms with Crippen LogP contribution in [0.5, 0.6) is 11.5 Å². The van der Waals surface area contributed by atoms with Crippen molar-refractivity contribution in [2.24, 2.45) is 0 Å². The molecule has 1 amide bonds. The van der Waals surface area contributed by atoms with Gasteiger partial charge in [0.15, 0.2) is 0 Å². The summed E-state index contributed by atoms with van der Waals surface area (Å²) >= 11 is 0. The van der Waals surface area contributed by atoms with Crippen molar-refractivity contribution in [1.29, 1.82) is 5.26 Å². The van der Waals surface area contributed by atoms with Gasteiger partial charge < -0.3 is 9.64 Å². The smallest absolute Gasteiger partial charge is 0.224 e. The van der Waals surface area contributed by atoms with Crippen LogP contribution in [-0.4, -0.2) is 21.7 Å². The highest BCUT2D eigenvalue weighted by molar-refractivity contribution is 5.95. The Bertz CT molecular complexity index is 1190. The summed E-state index contributed by atoms with van der Waals surface area (Å²) in [5, 5.41) is 13.6. The van der Waals surface area contributed by atoms with Crippen molar-refractivity contribution in [2.75, 3.05) is 4.90 Å². The first-order chi connectivity index (χ1) is 15.0. The summed E-state index contributed by atoms with van der Waals surface area (Å²) in [6.07, 6.45) is 8.02. The van der Waals surface area contributed by atoms with E-state index < -0.39 is 0 Å². The molecule has 0 N–H and O–H groups in total. The number of aromatic nitrogens is 2. The van der Waals surface area contributed by atoms with E-state index in [-0.39, 0.29) is 11.9 Å². The van der Waals surface area contributed by atoms with Crippen LogP contribution in [0.25, 0.3) is 11.1 Å². The van der Waals surface area contributed by atoms with Crippen LogP contribution in [0.2, 0.25) is 0 Å². The third-order valence-corrected chi connectivity index (χ3v) is 6.12. The Labute approximate surface area is 181 Å². The molecule has 1 aromatic heterocycles. The molecule has 1 fully saturated rings. The molecule has 6 heteroatoms. The molecular weight excluding hydrogens is 388 g/mol. The van der Waals surface area contributed by atoms with Gasteiger partial charge in [0.2, 0.25) is 5.91 Å². The molecule has 156 valence electrons. The number of amides is 1. The fourth-order valence-corrected chi connectivity index (χ4v) is 4.36. The molecule has 2 heterocycles. The number of ether oxygens (including phenoxy) is 1. The number of anilines is 1. The highest BCUT2D eigenvalue weighted by Crippen LogP contribution is 2.45. The molecule has 0 spiro atoms. The first-order valence-electron chi connectivity index (χ1n) is 10.7. The topological polar surface area (TPSA) is 71.2 Å². The third-order valence-electron chi connectivity index (χ3n) is 6.12. The zero-order valence-electron chi connectivity index (χ0n) is 17.7. The summed E-state index contributed by atoms with van der Waals surface area (Å²) in [5.74, 6) is 1.46. The molecule has 2 aliphatic rings. The third kappa shape index (κ3) is 3.57. The van der Waals surface area contributed by atoms with E-state index in [2.05, 4.69) is 24.3 Å². The Morgan fingerprint density at radius 2 is 1.94 bits per heavy atom. The number of hydrogen-bond acceptors (Lipinski definition) is 4. The second-order valence-electron chi connectivity index (χ2n) is 8.40. The lowest BCUT2D eigenvalue weighted by atomic mass is 9.92. The van der Waals surface area contributed by atoms with Gasteiger partial charge in [-0.15, -0.1) is 0 Å². The van der Waals surface area contributed by atoms with Crippen LogP contribution < -0.4 is 9.64 Å². The van der Waals surface area contributed by atoms with Crippen molar-refractivity contribution in [3.63, 3.8) is 0 Å². The number of hydrogen-bond donors (Lipinski definition) is 0. The average Bonchev–Trinajstić information content (AvgIpc) is 3.51. The van der Waals surface area contributed by atoms with Gasteiger partial charge in [-0.05, 0) is 69.0 Å². The van der Waals surface area contributed by atoms with Crippen molar-refractivity contribution < 1.29 is 9.53 Å². The minimum Gasteiger partial charge on any atom is -0.456 e. The standard InChI is InChI=1S/C25H24N4O2/c1-16-3-10-23-24(29(16)17(2)30)12-11-22(19-14-27-28(15-19)20-6-7-20)25(23)31-21-8-4-18(13-26)5-9-21/h4-5,8-9,11-12,14-16,20H,3,6-7,10H2,1-2H3. The Morgan fingerprint density at radius 3 is 2.61 bits per heavy atom. The number of fused-ring (bicyclic) bond motifs is 1. The zero-order valence-corrected chi connectivity index (χ0v) is 17.7. The number of carbonyl (C=O) groups is 1. The molecule has 2 aromatic carbocycles. The maximum atomic E-state index is 12.4.